The lowest BCUT2D eigenvalue weighted by Gasteiger charge is -2.62. The van der Waals surface area contributed by atoms with Crippen molar-refractivity contribution in [1.82, 2.24) is 0 Å². The highest BCUT2D eigenvalue weighted by Crippen LogP contribution is 2.71. The number of hydrogen-bond donors (Lipinski definition) is 0. The van der Waals surface area contributed by atoms with Gasteiger partial charge in [0.2, 0.25) is 0 Å². The maximum atomic E-state index is 1.64. The zero-order chi connectivity index (χ0) is 15.0. The molecule has 0 aromatic rings. The van der Waals surface area contributed by atoms with Gasteiger partial charge < -0.3 is 0 Å². The molecule has 4 rings (SSSR count). The zero-order valence-corrected chi connectivity index (χ0v) is 17.0. The molecule has 4 saturated carbocycles. The summed E-state index contributed by atoms with van der Waals surface area (Å²) in [6.45, 7) is 0. The van der Waals surface area contributed by atoms with Gasteiger partial charge in [-0.2, -0.15) is 0 Å². The lowest BCUT2D eigenvalue weighted by atomic mass is 9.49. The molecule has 1 heteroatoms. The van der Waals surface area contributed by atoms with Crippen LogP contribution in [0.4, 0.5) is 0 Å². The van der Waals surface area contributed by atoms with Crippen molar-refractivity contribution >= 4 is 10.2 Å². The van der Waals surface area contributed by atoms with Crippen LogP contribution < -0.4 is 0 Å². The van der Waals surface area contributed by atoms with E-state index in [-0.39, 0.29) is 0 Å². The maximum Gasteiger partial charge on any atom is 0.0117 e. The second-order valence-corrected chi connectivity index (χ2v) is 11.4. The fourth-order valence-corrected chi connectivity index (χ4v) is 10.1. The van der Waals surface area contributed by atoms with Gasteiger partial charge in [-0.25, -0.2) is 0 Å². The molecule has 0 aromatic carbocycles. The topological polar surface area (TPSA) is 0 Å². The third-order valence-corrected chi connectivity index (χ3v) is 11.3. The lowest BCUT2D eigenvalue weighted by Crippen LogP contribution is -2.52. The van der Waals surface area contributed by atoms with Gasteiger partial charge in [-0.3, -0.25) is 0 Å². The van der Waals surface area contributed by atoms with Crippen molar-refractivity contribution < 1.29 is 0 Å². The van der Waals surface area contributed by atoms with E-state index < -0.39 is 0 Å². The summed E-state index contributed by atoms with van der Waals surface area (Å²) >= 11 is 0. The van der Waals surface area contributed by atoms with Crippen LogP contribution in [0.5, 0.6) is 0 Å². The first-order valence-electron chi connectivity index (χ1n) is 10.8. The van der Waals surface area contributed by atoms with Gasteiger partial charge in [0.1, 0.15) is 0 Å². The smallest absolute Gasteiger partial charge is 0.0117 e. The molecule has 1 atom stereocenters. The van der Waals surface area contributed by atoms with E-state index in [1.54, 1.807) is 103 Å². The van der Waals surface area contributed by atoms with Crippen LogP contribution in [0.1, 0.15) is 103 Å². The Hall–Kier alpha value is 0.217. The van der Waals surface area contributed by atoms with Gasteiger partial charge in [0.25, 0.3) is 0 Å². The fraction of sp³-hybridized carbons (Fsp3) is 1.00. The lowest BCUT2D eigenvalue weighted by molar-refractivity contribution is -0.0450. The highest BCUT2D eigenvalue weighted by Gasteiger charge is 2.60. The maximum absolute atomic E-state index is 1.64. The quantitative estimate of drug-likeness (QED) is 0.591. The monoisotopic (exact) mass is 318 g/mol. The van der Waals surface area contributed by atoms with Crippen molar-refractivity contribution in [1.29, 1.82) is 0 Å². The molecule has 4 fully saturated rings. The Morgan fingerprint density at radius 2 is 0.909 bits per heavy atom. The first-order valence-corrected chi connectivity index (χ1v) is 11.8. The highest BCUT2D eigenvalue weighted by atomic mass is 28.1. The molecule has 126 valence electrons. The largest absolute Gasteiger partial charge is 0.0530 e. The Kier molecular flexibility index (Phi) is 4.48. The van der Waals surface area contributed by atoms with E-state index in [1.165, 1.54) is 10.2 Å². The summed E-state index contributed by atoms with van der Waals surface area (Å²) in [7, 11) is 1.50. The first-order chi connectivity index (χ1) is 10.8. The molecule has 0 heterocycles. The highest BCUT2D eigenvalue weighted by molar-refractivity contribution is 6.16. The Morgan fingerprint density at radius 1 is 0.500 bits per heavy atom. The van der Waals surface area contributed by atoms with Crippen LogP contribution in [-0.4, -0.2) is 10.2 Å². The van der Waals surface area contributed by atoms with Crippen molar-refractivity contribution in [2.45, 2.75) is 108 Å². The summed E-state index contributed by atoms with van der Waals surface area (Å²) in [6, 6.07) is 0. The molecule has 22 heavy (non-hydrogen) atoms. The van der Waals surface area contributed by atoms with Crippen molar-refractivity contribution in [3.8, 4) is 0 Å². The molecule has 0 spiro atoms. The van der Waals surface area contributed by atoms with Gasteiger partial charge in [0.05, 0.1) is 0 Å². The fourth-order valence-electron chi connectivity index (χ4n) is 8.13. The van der Waals surface area contributed by atoms with Gasteiger partial charge in [0.15, 0.2) is 0 Å². The summed E-state index contributed by atoms with van der Waals surface area (Å²) in [5.41, 5.74) is 0.819. The van der Waals surface area contributed by atoms with Crippen LogP contribution in [0.25, 0.3) is 0 Å². The summed E-state index contributed by atoms with van der Waals surface area (Å²) in [5, 5.41) is 0.839. The van der Waals surface area contributed by atoms with E-state index in [9.17, 15) is 0 Å². The SMILES string of the molecule is [SiH3]C1(C2CCCC2)CCCCC1(C1CCCC1)C1CCCC1. The van der Waals surface area contributed by atoms with E-state index in [1.807, 2.05) is 0 Å². The molecular weight excluding hydrogens is 280 g/mol. The summed E-state index contributed by atoms with van der Waals surface area (Å²) in [6.07, 6.45) is 25.4. The normalized spacial score (nSPS) is 38.2. The molecule has 1 unspecified atom stereocenters. The summed E-state index contributed by atoms with van der Waals surface area (Å²) < 4.78 is 0. The average Bonchev–Trinajstić information content (AvgIpc) is 3.28. The van der Waals surface area contributed by atoms with Crippen LogP contribution in [0.3, 0.4) is 0 Å². The van der Waals surface area contributed by atoms with Gasteiger partial charge in [-0.15, -0.1) is 0 Å². The van der Waals surface area contributed by atoms with Crippen molar-refractivity contribution in [2.75, 3.05) is 0 Å². The van der Waals surface area contributed by atoms with E-state index in [2.05, 4.69) is 0 Å². The second kappa shape index (κ2) is 6.26. The van der Waals surface area contributed by atoms with Crippen LogP contribution in [0.15, 0.2) is 0 Å². The molecule has 0 saturated heterocycles. The molecule has 0 nitrogen and oxygen atoms in total. The van der Waals surface area contributed by atoms with Crippen LogP contribution in [0.2, 0.25) is 5.04 Å². The standard InChI is InChI=1S/C21H38Si/c22-21(19-13-5-6-14-19)16-8-7-15-20(21,17-9-1-2-10-17)18-11-3-4-12-18/h17-19H,1-16H2,22H3. The van der Waals surface area contributed by atoms with Gasteiger partial charge in [-0.05, 0) is 60.3 Å². The Labute approximate surface area is 141 Å². The number of rotatable bonds is 3. The minimum Gasteiger partial charge on any atom is -0.0530 e. The molecule has 0 N–H and O–H groups in total. The van der Waals surface area contributed by atoms with Crippen molar-refractivity contribution in [3.63, 3.8) is 0 Å². The van der Waals surface area contributed by atoms with Crippen LogP contribution >= 0.6 is 0 Å². The minimum absolute atomic E-state index is 0.819. The molecule has 0 amide bonds. The molecule has 4 aliphatic carbocycles. The Balaban J connectivity index is 1.74. The molecule has 4 aliphatic rings. The second-order valence-electron chi connectivity index (χ2n) is 9.61. The summed E-state index contributed by atoms with van der Waals surface area (Å²) in [4.78, 5) is 0. The van der Waals surface area contributed by atoms with E-state index >= 15 is 0 Å². The predicted octanol–water partition coefficient (Wildman–Crippen LogP) is 5.64. The Bertz CT molecular complexity index is 355. The van der Waals surface area contributed by atoms with Crippen molar-refractivity contribution in [2.24, 2.45) is 23.2 Å². The third kappa shape index (κ3) is 2.28. The van der Waals surface area contributed by atoms with Crippen LogP contribution in [-0.2, 0) is 0 Å². The number of hydrogen-bond acceptors (Lipinski definition) is 0. The molecule has 0 aromatic heterocycles. The van der Waals surface area contributed by atoms with E-state index in [0.717, 1.165) is 28.2 Å². The summed E-state index contributed by atoms with van der Waals surface area (Å²) in [5.74, 6) is 3.41. The minimum atomic E-state index is 0.819. The molecule has 0 radical (unpaired) electrons. The molecular formula is C21H38Si. The third-order valence-electron chi connectivity index (χ3n) is 9.02. The van der Waals surface area contributed by atoms with Gasteiger partial charge in [-0.1, -0.05) is 70.6 Å². The van der Waals surface area contributed by atoms with Gasteiger partial charge >= 0.3 is 0 Å². The van der Waals surface area contributed by atoms with E-state index in [0.29, 0.717) is 0 Å². The Morgan fingerprint density at radius 3 is 1.41 bits per heavy atom. The predicted molar refractivity (Wildman–Crippen MR) is 99.4 cm³/mol. The van der Waals surface area contributed by atoms with Crippen molar-refractivity contribution in [3.05, 3.63) is 0 Å². The van der Waals surface area contributed by atoms with Gasteiger partial charge in [0, 0.05) is 10.2 Å². The first kappa shape index (κ1) is 15.7. The van der Waals surface area contributed by atoms with Crippen LogP contribution in [0, 0.1) is 23.2 Å². The zero-order valence-electron chi connectivity index (χ0n) is 15.0. The van der Waals surface area contributed by atoms with E-state index in [4.69, 9.17) is 0 Å². The molecule has 0 bridgehead atoms. The molecule has 0 aliphatic heterocycles. The average molecular weight is 319 g/mol.